The van der Waals surface area contributed by atoms with Gasteiger partial charge in [-0.25, -0.2) is 0 Å². The second kappa shape index (κ2) is 5.13. The highest BCUT2D eigenvalue weighted by atomic mass is 15.2. The number of rotatable bonds is 5. The molecule has 2 heteroatoms. The molecule has 0 spiro atoms. The van der Waals surface area contributed by atoms with E-state index >= 15 is 0 Å². The summed E-state index contributed by atoms with van der Waals surface area (Å²) in [6, 6.07) is 0.505. The first-order valence-electron chi connectivity index (χ1n) is 6.10. The lowest BCUT2D eigenvalue weighted by atomic mass is 9.74. The van der Waals surface area contributed by atoms with Gasteiger partial charge in [0, 0.05) is 6.04 Å². The molecular weight excluding hydrogens is 172 g/mol. The van der Waals surface area contributed by atoms with Crippen molar-refractivity contribution in [1.82, 2.24) is 5.43 Å². The lowest BCUT2D eigenvalue weighted by Gasteiger charge is -2.37. The molecule has 0 heterocycles. The van der Waals surface area contributed by atoms with Crippen LogP contribution in [-0.2, 0) is 0 Å². The first-order valence-corrected chi connectivity index (χ1v) is 6.10. The van der Waals surface area contributed by atoms with Gasteiger partial charge < -0.3 is 0 Å². The Morgan fingerprint density at radius 3 is 2.36 bits per heavy atom. The van der Waals surface area contributed by atoms with Gasteiger partial charge in [-0.3, -0.25) is 11.3 Å². The molecule has 2 unspecified atom stereocenters. The third-order valence-corrected chi connectivity index (χ3v) is 3.99. The van der Waals surface area contributed by atoms with E-state index in [-0.39, 0.29) is 0 Å². The van der Waals surface area contributed by atoms with Gasteiger partial charge in [-0.2, -0.15) is 0 Å². The van der Waals surface area contributed by atoms with E-state index < -0.39 is 0 Å². The molecule has 3 N–H and O–H groups in total. The highest BCUT2D eigenvalue weighted by molar-refractivity contribution is 4.92. The Hall–Kier alpha value is -0.0800. The monoisotopic (exact) mass is 198 g/mol. The van der Waals surface area contributed by atoms with Crippen LogP contribution in [-0.4, -0.2) is 6.04 Å². The quantitative estimate of drug-likeness (QED) is 0.526. The number of hydrogen-bond donors (Lipinski definition) is 2. The van der Waals surface area contributed by atoms with Gasteiger partial charge in [0.1, 0.15) is 0 Å². The summed E-state index contributed by atoms with van der Waals surface area (Å²) in [5.74, 6) is 6.42. The Kier molecular flexibility index (Phi) is 4.39. The molecule has 0 bridgehead atoms. The van der Waals surface area contributed by atoms with E-state index in [0.29, 0.717) is 17.4 Å². The van der Waals surface area contributed by atoms with Gasteiger partial charge in [0.15, 0.2) is 0 Å². The average Bonchev–Trinajstić information content (AvgIpc) is 2.54. The fourth-order valence-corrected chi connectivity index (χ4v) is 3.17. The summed E-state index contributed by atoms with van der Waals surface area (Å²) < 4.78 is 0. The second-order valence-electron chi connectivity index (χ2n) is 5.27. The summed E-state index contributed by atoms with van der Waals surface area (Å²) in [5.41, 5.74) is 3.52. The molecule has 1 saturated carbocycles. The van der Waals surface area contributed by atoms with Crippen molar-refractivity contribution in [2.75, 3.05) is 0 Å². The van der Waals surface area contributed by atoms with Gasteiger partial charge in [0.25, 0.3) is 0 Å². The fraction of sp³-hybridized carbons (Fsp3) is 1.00. The van der Waals surface area contributed by atoms with Crippen molar-refractivity contribution in [3.8, 4) is 0 Å². The normalized spacial score (nSPS) is 24.9. The van der Waals surface area contributed by atoms with Crippen molar-refractivity contribution in [1.29, 1.82) is 0 Å². The van der Waals surface area contributed by atoms with E-state index in [1.807, 2.05) is 0 Å². The van der Waals surface area contributed by atoms with E-state index in [0.717, 1.165) is 0 Å². The molecule has 0 aromatic rings. The van der Waals surface area contributed by atoms with E-state index in [9.17, 15) is 0 Å². The van der Waals surface area contributed by atoms with Crippen molar-refractivity contribution < 1.29 is 0 Å². The molecule has 0 radical (unpaired) electrons. The van der Waals surface area contributed by atoms with E-state index in [2.05, 4.69) is 26.2 Å². The standard InChI is InChI=1S/C12H26N2/c1-4-7-10(2)11(14-13)12(3)8-5-6-9-12/h10-11,14H,4-9,13H2,1-3H3. The Bertz CT molecular complexity index is 162. The average molecular weight is 198 g/mol. The summed E-state index contributed by atoms with van der Waals surface area (Å²) in [6.45, 7) is 6.98. The lowest BCUT2D eigenvalue weighted by Crippen LogP contribution is -2.49. The minimum atomic E-state index is 0.448. The van der Waals surface area contributed by atoms with Crippen LogP contribution in [0.1, 0.15) is 59.3 Å². The lowest BCUT2D eigenvalue weighted by molar-refractivity contribution is 0.161. The maximum atomic E-state index is 5.72. The maximum absolute atomic E-state index is 5.72. The largest absolute Gasteiger partial charge is 0.271 e. The van der Waals surface area contributed by atoms with Crippen LogP contribution in [0.2, 0.25) is 0 Å². The summed E-state index contributed by atoms with van der Waals surface area (Å²) in [4.78, 5) is 0. The predicted molar refractivity (Wildman–Crippen MR) is 61.8 cm³/mol. The third-order valence-electron chi connectivity index (χ3n) is 3.99. The van der Waals surface area contributed by atoms with E-state index in [1.54, 1.807) is 0 Å². The van der Waals surface area contributed by atoms with Crippen LogP contribution in [0.15, 0.2) is 0 Å². The van der Waals surface area contributed by atoms with Gasteiger partial charge in [-0.15, -0.1) is 0 Å². The summed E-state index contributed by atoms with van der Waals surface area (Å²) in [6.07, 6.45) is 7.99. The molecule has 1 aliphatic rings. The molecule has 14 heavy (non-hydrogen) atoms. The van der Waals surface area contributed by atoms with Crippen LogP contribution in [0, 0.1) is 11.3 Å². The zero-order chi connectivity index (χ0) is 10.6. The van der Waals surface area contributed by atoms with Crippen molar-refractivity contribution in [2.45, 2.75) is 65.3 Å². The maximum Gasteiger partial charge on any atom is 0.0289 e. The molecule has 0 amide bonds. The van der Waals surface area contributed by atoms with Crippen LogP contribution in [0.25, 0.3) is 0 Å². The summed E-state index contributed by atoms with van der Waals surface area (Å²) >= 11 is 0. The van der Waals surface area contributed by atoms with Crippen molar-refractivity contribution in [3.63, 3.8) is 0 Å². The zero-order valence-electron chi connectivity index (χ0n) is 9.97. The van der Waals surface area contributed by atoms with E-state index in [1.165, 1.54) is 38.5 Å². The third kappa shape index (κ3) is 2.48. The summed E-state index contributed by atoms with van der Waals surface area (Å²) in [7, 11) is 0. The Morgan fingerprint density at radius 1 is 1.36 bits per heavy atom. The van der Waals surface area contributed by atoms with Crippen LogP contribution >= 0.6 is 0 Å². The number of nitrogens with two attached hydrogens (primary N) is 1. The number of hydrazine groups is 1. The molecule has 84 valence electrons. The van der Waals surface area contributed by atoms with Gasteiger partial charge in [-0.1, -0.05) is 40.0 Å². The Morgan fingerprint density at radius 2 is 1.93 bits per heavy atom. The second-order valence-corrected chi connectivity index (χ2v) is 5.27. The zero-order valence-corrected chi connectivity index (χ0v) is 9.97. The first-order chi connectivity index (χ1) is 6.64. The summed E-state index contributed by atoms with van der Waals surface area (Å²) in [5, 5.41) is 0. The number of hydrogen-bond acceptors (Lipinski definition) is 2. The van der Waals surface area contributed by atoms with Crippen LogP contribution in [0.5, 0.6) is 0 Å². The predicted octanol–water partition coefficient (Wildman–Crippen LogP) is 2.83. The number of nitrogens with one attached hydrogen (secondary N) is 1. The molecule has 1 fully saturated rings. The van der Waals surface area contributed by atoms with Crippen molar-refractivity contribution in [2.24, 2.45) is 17.2 Å². The van der Waals surface area contributed by atoms with Crippen LogP contribution in [0.3, 0.4) is 0 Å². The molecule has 2 nitrogen and oxygen atoms in total. The van der Waals surface area contributed by atoms with Gasteiger partial charge in [-0.05, 0) is 30.6 Å². The smallest absolute Gasteiger partial charge is 0.0289 e. The highest BCUT2D eigenvalue weighted by Crippen LogP contribution is 2.43. The molecular formula is C12H26N2. The molecule has 1 rings (SSSR count). The van der Waals surface area contributed by atoms with Crippen molar-refractivity contribution in [3.05, 3.63) is 0 Å². The molecule has 0 saturated heterocycles. The molecule has 0 aromatic carbocycles. The van der Waals surface area contributed by atoms with Gasteiger partial charge >= 0.3 is 0 Å². The topological polar surface area (TPSA) is 38.0 Å². The van der Waals surface area contributed by atoms with Gasteiger partial charge in [0.05, 0.1) is 0 Å². The highest BCUT2D eigenvalue weighted by Gasteiger charge is 2.38. The fourth-order valence-electron chi connectivity index (χ4n) is 3.17. The van der Waals surface area contributed by atoms with E-state index in [4.69, 9.17) is 5.84 Å². The minimum Gasteiger partial charge on any atom is -0.271 e. The Labute approximate surface area is 88.6 Å². The minimum absolute atomic E-state index is 0.448. The Balaban J connectivity index is 2.59. The molecule has 1 aliphatic carbocycles. The first kappa shape index (κ1) is 12.0. The molecule has 0 aromatic heterocycles. The van der Waals surface area contributed by atoms with Gasteiger partial charge in [0.2, 0.25) is 0 Å². The van der Waals surface area contributed by atoms with Crippen LogP contribution < -0.4 is 11.3 Å². The van der Waals surface area contributed by atoms with Crippen molar-refractivity contribution >= 4 is 0 Å². The SMILES string of the molecule is CCCC(C)C(NN)C1(C)CCCC1. The molecule has 0 aliphatic heterocycles. The van der Waals surface area contributed by atoms with Crippen LogP contribution in [0.4, 0.5) is 0 Å². The molecule has 2 atom stereocenters.